The number of hydrogen-bond acceptors (Lipinski definition) is 3. The van der Waals surface area contributed by atoms with Gasteiger partial charge in [-0.2, -0.15) is 0 Å². The van der Waals surface area contributed by atoms with Gasteiger partial charge in [0, 0.05) is 25.7 Å². The lowest BCUT2D eigenvalue weighted by molar-refractivity contribution is -0.153. The monoisotopic (exact) mass is 280 g/mol. The number of amides is 1. The van der Waals surface area contributed by atoms with Crippen LogP contribution in [0.15, 0.2) is 0 Å². The summed E-state index contributed by atoms with van der Waals surface area (Å²) in [6.07, 6.45) is 6.28. The standard InChI is InChI=1S/C16H28N2O2/c1-12-7-8-18(14-6-4-3-5-13(12)14)15(19)9-20-16(2)10-17-11-16/h12-14,17H,3-11H2,1-2H3. The molecule has 1 saturated carbocycles. The average Bonchev–Trinajstić information content (AvgIpc) is 2.43. The number of hydrogen-bond donors (Lipinski definition) is 1. The Morgan fingerprint density at radius 3 is 2.75 bits per heavy atom. The van der Waals surface area contributed by atoms with Crippen LogP contribution in [0.4, 0.5) is 0 Å². The Morgan fingerprint density at radius 1 is 1.30 bits per heavy atom. The van der Waals surface area contributed by atoms with Crippen LogP contribution >= 0.6 is 0 Å². The zero-order valence-electron chi connectivity index (χ0n) is 12.9. The first-order chi connectivity index (χ1) is 9.59. The van der Waals surface area contributed by atoms with Gasteiger partial charge < -0.3 is 15.0 Å². The number of nitrogens with zero attached hydrogens (tertiary/aromatic N) is 1. The van der Waals surface area contributed by atoms with Gasteiger partial charge in [0.25, 0.3) is 0 Å². The molecule has 2 heterocycles. The van der Waals surface area contributed by atoms with E-state index in [-0.39, 0.29) is 18.1 Å². The van der Waals surface area contributed by atoms with Crippen molar-refractivity contribution >= 4 is 5.91 Å². The fraction of sp³-hybridized carbons (Fsp3) is 0.938. The molecule has 0 aromatic heterocycles. The lowest BCUT2D eigenvalue weighted by Gasteiger charge is -2.47. The summed E-state index contributed by atoms with van der Waals surface area (Å²) in [6.45, 7) is 7.36. The molecule has 0 bridgehead atoms. The highest BCUT2D eigenvalue weighted by Crippen LogP contribution is 2.38. The van der Waals surface area contributed by atoms with Crippen molar-refractivity contribution in [3.05, 3.63) is 0 Å². The molecule has 20 heavy (non-hydrogen) atoms. The van der Waals surface area contributed by atoms with Crippen molar-refractivity contribution < 1.29 is 9.53 Å². The number of nitrogens with one attached hydrogen (secondary N) is 1. The quantitative estimate of drug-likeness (QED) is 0.857. The molecule has 3 unspecified atom stereocenters. The second-order valence-corrected chi connectivity index (χ2v) is 7.21. The third-order valence-corrected chi connectivity index (χ3v) is 5.60. The molecule has 0 radical (unpaired) electrons. The van der Waals surface area contributed by atoms with Gasteiger partial charge in [0.05, 0.1) is 5.60 Å². The first kappa shape index (κ1) is 14.3. The predicted octanol–water partition coefficient (Wildman–Crippen LogP) is 1.79. The van der Waals surface area contributed by atoms with Crippen LogP contribution in [0.2, 0.25) is 0 Å². The average molecular weight is 280 g/mol. The molecular formula is C16H28N2O2. The number of rotatable bonds is 3. The zero-order chi connectivity index (χ0) is 14.2. The summed E-state index contributed by atoms with van der Waals surface area (Å²) >= 11 is 0. The lowest BCUT2D eigenvalue weighted by atomic mass is 9.72. The SMILES string of the molecule is CC1CCN(C(=O)COC2(C)CNC2)C2CCCCC12. The van der Waals surface area contributed by atoms with E-state index in [1.807, 2.05) is 0 Å². The molecule has 4 nitrogen and oxygen atoms in total. The van der Waals surface area contributed by atoms with E-state index < -0.39 is 0 Å². The Bertz CT molecular complexity index is 367. The van der Waals surface area contributed by atoms with E-state index >= 15 is 0 Å². The second-order valence-electron chi connectivity index (χ2n) is 7.21. The lowest BCUT2D eigenvalue weighted by Crippen LogP contribution is -2.60. The maximum absolute atomic E-state index is 12.5. The Kier molecular flexibility index (Phi) is 4.04. The largest absolute Gasteiger partial charge is 0.363 e. The molecule has 1 aliphatic carbocycles. The molecule has 0 aromatic carbocycles. The summed E-state index contributed by atoms with van der Waals surface area (Å²) in [4.78, 5) is 14.7. The molecule has 1 N–H and O–H groups in total. The van der Waals surface area contributed by atoms with Crippen molar-refractivity contribution in [2.45, 2.75) is 57.6 Å². The highest BCUT2D eigenvalue weighted by atomic mass is 16.5. The van der Waals surface area contributed by atoms with Crippen LogP contribution in [0.3, 0.4) is 0 Å². The summed E-state index contributed by atoms with van der Waals surface area (Å²) in [5, 5.41) is 3.21. The predicted molar refractivity (Wildman–Crippen MR) is 78.5 cm³/mol. The molecular weight excluding hydrogens is 252 g/mol. The Hall–Kier alpha value is -0.610. The molecule has 114 valence electrons. The maximum atomic E-state index is 12.5. The third kappa shape index (κ3) is 2.73. The zero-order valence-corrected chi connectivity index (χ0v) is 12.9. The van der Waals surface area contributed by atoms with E-state index in [0.717, 1.165) is 37.9 Å². The van der Waals surface area contributed by atoms with E-state index in [0.29, 0.717) is 6.04 Å². The maximum Gasteiger partial charge on any atom is 0.248 e. The van der Waals surface area contributed by atoms with Gasteiger partial charge in [-0.3, -0.25) is 4.79 Å². The van der Waals surface area contributed by atoms with Gasteiger partial charge in [-0.05, 0) is 38.0 Å². The molecule has 3 rings (SSSR count). The van der Waals surface area contributed by atoms with Crippen molar-refractivity contribution in [1.82, 2.24) is 10.2 Å². The third-order valence-electron chi connectivity index (χ3n) is 5.60. The van der Waals surface area contributed by atoms with E-state index in [2.05, 4.69) is 24.1 Å². The molecule has 3 fully saturated rings. The minimum absolute atomic E-state index is 0.120. The highest BCUT2D eigenvalue weighted by molar-refractivity contribution is 5.78. The van der Waals surface area contributed by atoms with Crippen LogP contribution in [0.1, 0.15) is 46.0 Å². The second kappa shape index (κ2) is 5.64. The van der Waals surface area contributed by atoms with Gasteiger partial charge in [-0.1, -0.05) is 19.8 Å². The number of carbonyl (C=O) groups excluding carboxylic acids is 1. The first-order valence-electron chi connectivity index (χ1n) is 8.23. The molecule has 0 spiro atoms. The van der Waals surface area contributed by atoms with Gasteiger partial charge in [-0.15, -0.1) is 0 Å². The van der Waals surface area contributed by atoms with E-state index in [1.54, 1.807) is 0 Å². The van der Waals surface area contributed by atoms with Gasteiger partial charge >= 0.3 is 0 Å². The number of carbonyl (C=O) groups is 1. The fourth-order valence-corrected chi connectivity index (χ4v) is 4.12. The smallest absolute Gasteiger partial charge is 0.248 e. The van der Waals surface area contributed by atoms with Crippen LogP contribution in [0.25, 0.3) is 0 Å². The van der Waals surface area contributed by atoms with E-state index in [1.165, 1.54) is 25.7 Å². The molecule has 2 saturated heterocycles. The summed E-state index contributed by atoms with van der Waals surface area (Å²) in [6, 6.07) is 0.482. The van der Waals surface area contributed by atoms with Gasteiger partial charge in [-0.25, -0.2) is 0 Å². The van der Waals surface area contributed by atoms with Crippen LogP contribution in [0.5, 0.6) is 0 Å². The van der Waals surface area contributed by atoms with Gasteiger partial charge in [0.1, 0.15) is 6.61 Å². The topological polar surface area (TPSA) is 41.6 Å². The van der Waals surface area contributed by atoms with Crippen LogP contribution in [-0.2, 0) is 9.53 Å². The van der Waals surface area contributed by atoms with Crippen LogP contribution < -0.4 is 5.32 Å². The summed E-state index contributed by atoms with van der Waals surface area (Å²) in [5.41, 5.74) is -0.120. The number of piperidine rings is 1. The molecule has 3 aliphatic rings. The highest BCUT2D eigenvalue weighted by Gasteiger charge is 2.40. The number of ether oxygens (including phenoxy) is 1. The molecule has 3 atom stereocenters. The Labute approximate surface area is 122 Å². The van der Waals surface area contributed by atoms with Crippen LogP contribution in [-0.4, -0.2) is 48.7 Å². The van der Waals surface area contributed by atoms with Crippen molar-refractivity contribution in [3.63, 3.8) is 0 Å². The van der Waals surface area contributed by atoms with Crippen molar-refractivity contribution in [1.29, 1.82) is 0 Å². The minimum Gasteiger partial charge on any atom is -0.363 e. The fourth-order valence-electron chi connectivity index (χ4n) is 4.12. The van der Waals surface area contributed by atoms with Gasteiger partial charge in [0.15, 0.2) is 0 Å². The van der Waals surface area contributed by atoms with Crippen molar-refractivity contribution in [2.75, 3.05) is 26.2 Å². The Balaban J connectivity index is 1.58. The van der Waals surface area contributed by atoms with Crippen molar-refractivity contribution in [2.24, 2.45) is 11.8 Å². The minimum atomic E-state index is -0.120. The molecule has 0 aromatic rings. The van der Waals surface area contributed by atoms with E-state index in [9.17, 15) is 4.79 Å². The Morgan fingerprint density at radius 2 is 2.05 bits per heavy atom. The summed E-state index contributed by atoms with van der Waals surface area (Å²) < 4.78 is 5.83. The number of fused-ring (bicyclic) bond motifs is 1. The molecule has 2 aliphatic heterocycles. The van der Waals surface area contributed by atoms with Crippen LogP contribution in [0, 0.1) is 11.8 Å². The number of likely N-dealkylation sites (tertiary alicyclic amines) is 1. The molecule has 4 heteroatoms. The summed E-state index contributed by atoms with van der Waals surface area (Å²) in [7, 11) is 0. The first-order valence-corrected chi connectivity index (χ1v) is 8.23. The normalized spacial score (nSPS) is 36.1. The van der Waals surface area contributed by atoms with E-state index in [4.69, 9.17) is 4.74 Å². The van der Waals surface area contributed by atoms with Crippen molar-refractivity contribution in [3.8, 4) is 0 Å². The molecule has 1 amide bonds. The summed E-state index contributed by atoms with van der Waals surface area (Å²) in [5.74, 6) is 1.71. The van der Waals surface area contributed by atoms with Gasteiger partial charge in [0.2, 0.25) is 5.91 Å².